The Hall–Kier alpha value is -2.95. The maximum Gasteiger partial charge on any atom is 0.254 e. The highest BCUT2D eigenvalue weighted by molar-refractivity contribution is 6.06. The number of carbonyl (C=O) groups excluding carboxylic acids is 1. The van der Waals surface area contributed by atoms with Gasteiger partial charge in [-0.15, -0.1) is 0 Å². The van der Waals surface area contributed by atoms with Gasteiger partial charge >= 0.3 is 0 Å². The average Bonchev–Trinajstić information content (AvgIpc) is 2.68. The van der Waals surface area contributed by atoms with E-state index in [1.54, 1.807) is 24.4 Å². The number of carbonyl (C=O) groups is 1. The van der Waals surface area contributed by atoms with Crippen LogP contribution in [0.3, 0.4) is 0 Å². The number of benzene rings is 2. The van der Waals surface area contributed by atoms with Crippen LogP contribution in [0.5, 0.6) is 0 Å². The largest absolute Gasteiger partial charge is 0.368 e. The molecule has 1 saturated heterocycles. The van der Waals surface area contributed by atoms with Crippen LogP contribution in [0.25, 0.3) is 10.9 Å². The Bertz CT molecular complexity index is 897. The van der Waals surface area contributed by atoms with Gasteiger partial charge in [-0.2, -0.15) is 0 Å². The van der Waals surface area contributed by atoms with Crippen LogP contribution >= 0.6 is 0 Å². The fourth-order valence-electron chi connectivity index (χ4n) is 3.27. The second kappa shape index (κ2) is 6.51. The third kappa shape index (κ3) is 3.05. The first-order chi connectivity index (χ1) is 12.2. The Morgan fingerprint density at radius 2 is 1.64 bits per heavy atom. The number of para-hydroxylation sites is 1. The number of hydrogen-bond donors (Lipinski definition) is 0. The van der Waals surface area contributed by atoms with E-state index in [0.29, 0.717) is 18.7 Å². The summed E-state index contributed by atoms with van der Waals surface area (Å²) in [6, 6.07) is 16.0. The predicted octanol–water partition coefficient (Wildman–Crippen LogP) is 3.34. The van der Waals surface area contributed by atoms with Crippen LogP contribution in [0.1, 0.15) is 10.4 Å². The van der Waals surface area contributed by atoms with Crippen LogP contribution < -0.4 is 4.90 Å². The summed E-state index contributed by atoms with van der Waals surface area (Å²) in [5, 5.41) is 0.885. The highest BCUT2D eigenvalue weighted by Gasteiger charge is 2.23. The maximum absolute atomic E-state index is 13.1. The molecule has 0 atom stereocenters. The zero-order valence-corrected chi connectivity index (χ0v) is 13.7. The molecule has 0 unspecified atom stereocenters. The fraction of sp³-hybridized carbons (Fsp3) is 0.200. The molecule has 0 saturated carbocycles. The molecule has 5 heteroatoms. The van der Waals surface area contributed by atoms with E-state index in [9.17, 15) is 9.18 Å². The topological polar surface area (TPSA) is 36.4 Å². The van der Waals surface area contributed by atoms with Crippen molar-refractivity contribution in [2.24, 2.45) is 0 Å². The van der Waals surface area contributed by atoms with E-state index >= 15 is 0 Å². The summed E-state index contributed by atoms with van der Waals surface area (Å²) in [4.78, 5) is 21.3. The maximum atomic E-state index is 13.1. The molecule has 0 N–H and O–H groups in total. The van der Waals surface area contributed by atoms with E-state index in [1.807, 2.05) is 29.2 Å². The first-order valence-electron chi connectivity index (χ1n) is 8.36. The first kappa shape index (κ1) is 15.6. The number of pyridine rings is 1. The van der Waals surface area contributed by atoms with E-state index in [2.05, 4.69) is 9.88 Å². The Balaban J connectivity index is 1.50. The highest BCUT2D eigenvalue weighted by atomic mass is 19.1. The number of halogens is 1. The van der Waals surface area contributed by atoms with Crippen molar-refractivity contribution in [3.8, 4) is 0 Å². The first-order valence-corrected chi connectivity index (χ1v) is 8.36. The summed E-state index contributed by atoms with van der Waals surface area (Å²) >= 11 is 0. The van der Waals surface area contributed by atoms with Crippen molar-refractivity contribution in [1.82, 2.24) is 9.88 Å². The number of rotatable bonds is 2. The second-order valence-corrected chi connectivity index (χ2v) is 6.13. The minimum absolute atomic E-state index is 0.0392. The van der Waals surface area contributed by atoms with Gasteiger partial charge in [0.2, 0.25) is 0 Å². The second-order valence-electron chi connectivity index (χ2n) is 6.13. The van der Waals surface area contributed by atoms with Crippen LogP contribution in [0.2, 0.25) is 0 Å². The zero-order chi connectivity index (χ0) is 17.2. The van der Waals surface area contributed by atoms with Crippen molar-refractivity contribution >= 4 is 22.5 Å². The van der Waals surface area contributed by atoms with Crippen LogP contribution in [0, 0.1) is 5.82 Å². The van der Waals surface area contributed by atoms with E-state index < -0.39 is 0 Å². The van der Waals surface area contributed by atoms with Gasteiger partial charge in [-0.3, -0.25) is 9.78 Å². The van der Waals surface area contributed by atoms with Gasteiger partial charge in [-0.25, -0.2) is 4.39 Å². The van der Waals surface area contributed by atoms with Crippen molar-refractivity contribution in [3.05, 3.63) is 72.2 Å². The molecule has 25 heavy (non-hydrogen) atoms. The van der Waals surface area contributed by atoms with Crippen LogP contribution in [0.4, 0.5) is 10.1 Å². The quantitative estimate of drug-likeness (QED) is 0.721. The number of anilines is 1. The Morgan fingerprint density at radius 1 is 0.920 bits per heavy atom. The normalized spacial score (nSPS) is 14.8. The third-order valence-corrected chi connectivity index (χ3v) is 4.64. The molecule has 4 nitrogen and oxygen atoms in total. The minimum atomic E-state index is -0.234. The van der Waals surface area contributed by atoms with Gasteiger partial charge < -0.3 is 9.80 Å². The molecule has 0 radical (unpaired) electrons. The summed E-state index contributed by atoms with van der Waals surface area (Å²) in [6.07, 6.45) is 1.68. The van der Waals surface area contributed by atoms with E-state index in [4.69, 9.17) is 0 Å². The molecule has 1 aliphatic rings. The molecule has 1 aromatic heterocycles. The van der Waals surface area contributed by atoms with Gasteiger partial charge in [0.15, 0.2) is 0 Å². The molecule has 1 fully saturated rings. The Labute approximate surface area is 145 Å². The zero-order valence-electron chi connectivity index (χ0n) is 13.7. The van der Waals surface area contributed by atoms with Crippen molar-refractivity contribution in [1.29, 1.82) is 0 Å². The standard InChI is InChI=1S/C20H18FN3O/c21-15-5-7-16(8-6-15)23-11-13-24(14-12-23)20(25)18-9-10-22-19-4-2-1-3-17(18)19/h1-10H,11-14H2. The lowest BCUT2D eigenvalue weighted by molar-refractivity contribution is 0.0748. The summed E-state index contributed by atoms with van der Waals surface area (Å²) in [7, 11) is 0. The van der Waals surface area contributed by atoms with Gasteiger partial charge in [0.25, 0.3) is 5.91 Å². The lowest BCUT2D eigenvalue weighted by Crippen LogP contribution is -2.48. The molecule has 2 heterocycles. The smallest absolute Gasteiger partial charge is 0.254 e. The average molecular weight is 335 g/mol. The van der Waals surface area contributed by atoms with E-state index in [1.165, 1.54) is 12.1 Å². The van der Waals surface area contributed by atoms with Gasteiger partial charge in [0.1, 0.15) is 5.82 Å². The monoisotopic (exact) mass is 335 g/mol. The molecule has 3 aromatic rings. The number of amides is 1. The molecule has 2 aromatic carbocycles. The predicted molar refractivity (Wildman–Crippen MR) is 96.3 cm³/mol. The fourth-order valence-corrected chi connectivity index (χ4v) is 3.27. The molecule has 0 bridgehead atoms. The number of nitrogens with zero attached hydrogens (tertiary/aromatic N) is 3. The summed E-state index contributed by atoms with van der Waals surface area (Å²) in [5.41, 5.74) is 2.52. The number of aromatic nitrogens is 1. The van der Waals surface area contributed by atoms with Gasteiger partial charge in [0.05, 0.1) is 11.1 Å². The summed E-state index contributed by atoms with van der Waals surface area (Å²) in [6.45, 7) is 2.76. The van der Waals surface area contributed by atoms with Crippen molar-refractivity contribution < 1.29 is 9.18 Å². The Morgan fingerprint density at radius 3 is 2.40 bits per heavy atom. The highest BCUT2D eigenvalue weighted by Crippen LogP contribution is 2.21. The summed E-state index contributed by atoms with van der Waals surface area (Å²) in [5.74, 6) is -0.195. The summed E-state index contributed by atoms with van der Waals surface area (Å²) < 4.78 is 13.1. The number of hydrogen-bond acceptors (Lipinski definition) is 3. The minimum Gasteiger partial charge on any atom is -0.368 e. The van der Waals surface area contributed by atoms with E-state index in [-0.39, 0.29) is 11.7 Å². The van der Waals surface area contributed by atoms with Crippen molar-refractivity contribution in [2.75, 3.05) is 31.1 Å². The number of fused-ring (bicyclic) bond motifs is 1. The van der Waals surface area contributed by atoms with Crippen LogP contribution in [0.15, 0.2) is 60.8 Å². The van der Waals surface area contributed by atoms with Crippen molar-refractivity contribution in [3.63, 3.8) is 0 Å². The molecule has 0 spiro atoms. The van der Waals surface area contributed by atoms with Crippen LogP contribution in [-0.4, -0.2) is 42.0 Å². The molecule has 126 valence electrons. The molecule has 1 aliphatic heterocycles. The van der Waals surface area contributed by atoms with Gasteiger partial charge in [-0.05, 0) is 36.4 Å². The SMILES string of the molecule is O=C(c1ccnc2ccccc12)N1CCN(c2ccc(F)cc2)CC1. The molecular formula is C20H18FN3O. The Kier molecular flexibility index (Phi) is 4.06. The lowest BCUT2D eigenvalue weighted by Gasteiger charge is -2.36. The molecule has 0 aliphatic carbocycles. The molecular weight excluding hydrogens is 317 g/mol. The third-order valence-electron chi connectivity index (χ3n) is 4.64. The lowest BCUT2D eigenvalue weighted by atomic mass is 10.1. The van der Waals surface area contributed by atoms with Gasteiger partial charge in [-0.1, -0.05) is 18.2 Å². The molecule has 1 amide bonds. The number of piperazine rings is 1. The van der Waals surface area contributed by atoms with E-state index in [0.717, 1.165) is 29.7 Å². The van der Waals surface area contributed by atoms with Crippen LogP contribution in [-0.2, 0) is 0 Å². The molecule has 4 rings (SSSR count). The van der Waals surface area contributed by atoms with Crippen molar-refractivity contribution in [2.45, 2.75) is 0 Å². The van der Waals surface area contributed by atoms with Gasteiger partial charge in [0, 0.05) is 43.4 Å².